The fourth-order valence-corrected chi connectivity index (χ4v) is 3.34. The number of hydrogen-bond acceptors (Lipinski definition) is 2. The number of carbonyl (C=O) groups excluding carboxylic acids is 1. The summed E-state index contributed by atoms with van der Waals surface area (Å²) >= 11 is 8.24. The molecule has 0 bridgehead atoms. The van der Waals surface area contributed by atoms with E-state index in [1.54, 1.807) is 0 Å². The molecular formula is C9H9Br2NOS. The van der Waals surface area contributed by atoms with Gasteiger partial charge in [0.25, 0.3) is 5.91 Å². The number of carbonyl (C=O) groups is 1. The Bertz CT molecular complexity index is 359. The van der Waals surface area contributed by atoms with Gasteiger partial charge in [-0.2, -0.15) is 0 Å². The van der Waals surface area contributed by atoms with E-state index in [0.717, 1.165) is 27.5 Å². The van der Waals surface area contributed by atoms with Gasteiger partial charge in [0.05, 0.1) is 5.54 Å². The highest BCUT2D eigenvalue weighted by molar-refractivity contribution is 9.10. The summed E-state index contributed by atoms with van der Waals surface area (Å²) in [6.07, 6.45) is 2.15. The van der Waals surface area contributed by atoms with E-state index >= 15 is 0 Å². The highest BCUT2D eigenvalue weighted by Gasteiger charge is 2.43. The van der Waals surface area contributed by atoms with Gasteiger partial charge in [0.2, 0.25) is 0 Å². The van der Waals surface area contributed by atoms with Crippen molar-refractivity contribution in [2.75, 3.05) is 5.33 Å². The third-order valence-electron chi connectivity index (χ3n) is 2.31. The van der Waals surface area contributed by atoms with Gasteiger partial charge < -0.3 is 5.32 Å². The van der Waals surface area contributed by atoms with Crippen LogP contribution in [0.1, 0.15) is 22.5 Å². The van der Waals surface area contributed by atoms with Gasteiger partial charge in [-0.1, -0.05) is 15.9 Å². The first-order valence-corrected chi connectivity index (χ1v) is 7.08. The first kappa shape index (κ1) is 10.6. The maximum atomic E-state index is 11.8. The van der Waals surface area contributed by atoms with Gasteiger partial charge in [0, 0.05) is 9.80 Å². The second-order valence-corrected chi connectivity index (χ2v) is 5.80. The van der Waals surface area contributed by atoms with Crippen LogP contribution in [0.4, 0.5) is 0 Å². The van der Waals surface area contributed by atoms with Crippen molar-refractivity contribution in [3.63, 3.8) is 0 Å². The molecule has 0 aliphatic heterocycles. The monoisotopic (exact) mass is 337 g/mol. The Balaban J connectivity index is 2.07. The van der Waals surface area contributed by atoms with Gasteiger partial charge in [-0.05, 0) is 40.2 Å². The molecule has 1 aromatic rings. The summed E-state index contributed by atoms with van der Waals surface area (Å²) in [7, 11) is 0. The lowest BCUT2D eigenvalue weighted by molar-refractivity contribution is 0.0940. The molecule has 0 spiro atoms. The summed E-state index contributed by atoms with van der Waals surface area (Å²) < 4.78 is 0.880. The topological polar surface area (TPSA) is 29.1 Å². The zero-order valence-electron chi connectivity index (χ0n) is 7.35. The molecule has 1 N–H and O–H groups in total. The van der Waals surface area contributed by atoms with Crippen LogP contribution in [0.25, 0.3) is 0 Å². The highest BCUT2D eigenvalue weighted by atomic mass is 79.9. The lowest BCUT2D eigenvalue weighted by Gasteiger charge is -2.13. The van der Waals surface area contributed by atoms with Gasteiger partial charge in [-0.15, -0.1) is 11.3 Å². The van der Waals surface area contributed by atoms with Crippen LogP contribution in [0, 0.1) is 0 Å². The van der Waals surface area contributed by atoms with Crippen molar-refractivity contribution in [1.82, 2.24) is 5.32 Å². The molecule has 0 atom stereocenters. The third-order valence-corrected chi connectivity index (χ3v) is 5.22. The summed E-state index contributed by atoms with van der Waals surface area (Å²) in [5, 5.41) is 5.81. The quantitative estimate of drug-likeness (QED) is 0.843. The summed E-state index contributed by atoms with van der Waals surface area (Å²) in [4.78, 5) is 12.6. The van der Waals surface area contributed by atoms with Crippen molar-refractivity contribution in [3.05, 3.63) is 20.8 Å². The lowest BCUT2D eigenvalue weighted by Crippen LogP contribution is -2.37. The van der Waals surface area contributed by atoms with E-state index in [1.807, 2.05) is 11.4 Å². The van der Waals surface area contributed by atoms with Crippen LogP contribution in [0.15, 0.2) is 15.9 Å². The maximum absolute atomic E-state index is 11.8. The number of hydrogen-bond donors (Lipinski definition) is 1. The van der Waals surface area contributed by atoms with Gasteiger partial charge >= 0.3 is 0 Å². The minimum atomic E-state index is 0.0283. The first-order chi connectivity index (χ1) is 6.67. The Hall–Kier alpha value is 0.130. The summed E-state index contributed by atoms with van der Waals surface area (Å²) in [5.74, 6) is 0.0313. The summed E-state index contributed by atoms with van der Waals surface area (Å²) in [6, 6.07) is 1.90. The molecule has 1 aromatic heterocycles. The van der Waals surface area contributed by atoms with Crippen molar-refractivity contribution < 1.29 is 4.79 Å². The highest BCUT2D eigenvalue weighted by Crippen LogP contribution is 2.37. The molecule has 2 rings (SSSR count). The fourth-order valence-electron chi connectivity index (χ4n) is 1.20. The Kier molecular flexibility index (Phi) is 3.00. The minimum absolute atomic E-state index is 0.0283. The molecule has 5 heteroatoms. The van der Waals surface area contributed by atoms with Crippen LogP contribution in [0.5, 0.6) is 0 Å². The Labute approximate surface area is 103 Å². The van der Waals surface area contributed by atoms with E-state index in [2.05, 4.69) is 37.2 Å². The molecule has 1 heterocycles. The van der Waals surface area contributed by atoms with E-state index in [-0.39, 0.29) is 11.4 Å². The molecule has 2 nitrogen and oxygen atoms in total. The molecular weight excluding hydrogens is 330 g/mol. The maximum Gasteiger partial charge on any atom is 0.262 e. The summed E-state index contributed by atoms with van der Waals surface area (Å²) in [6.45, 7) is 0. The Morgan fingerprint density at radius 2 is 2.36 bits per heavy atom. The normalized spacial score (nSPS) is 17.9. The zero-order valence-corrected chi connectivity index (χ0v) is 11.3. The molecule has 76 valence electrons. The second-order valence-electron chi connectivity index (χ2n) is 3.47. The number of amides is 1. The van der Waals surface area contributed by atoms with Crippen LogP contribution in [0.2, 0.25) is 0 Å². The van der Waals surface area contributed by atoms with Gasteiger partial charge in [-0.25, -0.2) is 0 Å². The van der Waals surface area contributed by atoms with Crippen LogP contribution < -0.4 is 5.32 Å². The van der Waals surface area contributed by atoms with Crippen LogP contribution in [0.3, 0.4) is 0 Å². The predicted octanol–water partition coefficient (Wildman–Crippen LogP) is 3.17. The van der Waals surface area contributed by atoms with Crippen LogP contribution in [-0.2, 0) is 0 Å². The molecule has 1 saturated carbocycles. The molecule has 1 aliphatic rings. The average Bonchev–Trinajstić information content (AvgIpc) is 2.80. The van der Waals surface area contributed by atoms with E-state index in [9.17, 15) is 4.79 Å². The summed E-state index contributed by atoms with van der Waals surface area (Å²) in [5.41, 5.74) is 0.0283. The first-order valence-electron chi connectivity index (χ1n) is 4.28. The predicted molar refractivity (Wildman–Crippen MR) is 65.2 cm³/mol. The van der Waals surface area contributed by atoms with Crippen molar-refractivity contribution in [1.29, 1.82) is 0 Å². The zero-order chi connectivity index (χ0) is 10.2. The van der Waals surface area contributed by atoms with Crippen LogP contribution >= 0.6 is 43.2 Å². The van der Waals surface area contributed by atoms with Crippen molar-refractivity contribution in [2.24, 2.45) is 0 Å². The number of halogens is 2. The van der Waals surface area contributed by atoms with Gasteiger partial charge in [0.1, 0.15) is 4.88 Å². The number of thiophene rings is 1. The molecule has 1 fully saturated rings. The molecule has 0 unspecified atom stereocenters. The largest absolute Gasteiger partial charge is 0.345 e. The lowest BCUT2D eigenvalue weighted by atomic mass is 10.3. The van der Waals surface area contributed by atoms with E-state index in [0.29, 0.717) is 0 Å². The fraction of sp³-hybridized carbons (Fsp3) is 0.444. The molecule has 0 saturated heterocycles. The van der Waals surface area contributed by atoms with E-state index in [4.69, 9.17) is 0 Å². The van der Waals surface area contributed by atoms with E-state index < -0.39 is 0 Å². The minimum Gasteiger partial charge on any atom is -0.345 e. The molecule has 1 aliphatic carbocycles. The SMILES string of the molecule is O=C(NC1(CBr)CC1)c1sccc1Br. The third kappa shape index (κ3) is 2.04. The standard InChI is InChI=1S/C9H9Br2NOS/c10-5-9(2-3-9)12-8(13)7-6(11)1-4-14-7/h1,4H,2-3,5H2,(H,12,13). The van der Waals surface area contributed by atoms with Crippen molar-refractivity contribution >= 4 is 49.1 Å². The van der Waals surface area contributed by atoms with Gasteiger partial charge in [0.15, 0.2) is 0 Å². The molecule has 1 amide bonds. The van der Waals surface area contributed by atoms with E-state index in [1.165, 1.54) is 11.3 Å². The molecule has 0 aromatic carbocycles. The van der Waals surface area contributed by atoms with Crippen molar-refractivity contribution in [2.45, 2.75) is 18.4 Å². The van der Waals surface area contributed by atoms with Gasteiger partial charge in [-0.3, -0.25) is 4.79 Å². The van der Waals surface area contributed by atoms with Crippen molar-refractivity contribution in [3.8, 4) is 0 Å². The second kappa shape index (κ2) is 3.94. The number of nitrogens with one attached hydrogen (secondary N) is 1. The Morgan fingerprint density at radius 1 is 1.64 bits per heavy atom. The smallest absolute Gasteiger partial charge is 0.262 e. The van der Waals surface area contributed by atoms with Crippen LogP contribution in [-0.4, -0.2) is 16.8 Å². The average molecular weight is 339 g/mol. The number of alkyl halides is 1. The molecule has 14 heavy (non-hydrogen) atoms. The molecule has 0 radical (unpaired) electrons. The number of rotatable bonds is 3. The Morgan fingerprint density at radius 3 is 2.79 bits per heavy atom.